The Morgan fingerprint density at radius 3 is 2.79 bits per heavy atom. The number of aryl methyl sites for hydroxylation is 1. The first-order chi connectivity index (χ1) is 6.74. The lowest BCUT2D eigenvalue weighted by atomic mass is 10.2. The minimum Gasteiger partial charge on any atom is -0.272 e. The average Bonchev–Trinajstić information content (AvgIpc) is 2.61. The summed E-state index contributed by atoms with van der Waals surface area (Å²) in [7, 11) is 0. The third-order valence-electron chi connectivity index (χ3n) is 2.31. The molecule has 0 saturated heterocycles. The highest BCUT2D eigenvalue weighted by Gasteiger charge is 2.03. The molecule has 0 spiro atoms. The van der Waals surface area contributed by atoms with Crippen LogP contribution in [-0.4, -0.2) is 9.78 Å². The van der Waals surface area contributed by atoms with Gasteiger partial charge in [-0.3, -0.25) is 4.68 Å². The van der Waals surface area contributed by atoms with Crippen molar-refractivity contribution < 1.29 is 0 Å². The standard InChI is InChI=1S/C11H19BrN2/c1-3-4-5-6-8-14-9-7-11(13-14)10(2)12/h7,9-10H,3-6,8H2,1-2H3. The second kappa shape index (κ2) is 6.23. The Bertz CT molecular complexity index is 256. The molecule has 14 heavy (non-hydrogen) atoms. The van der Waals surface area contributed by atoms with Crippen molar-refractivity contribution in [3.8, 4) is 0 Å². The predicted octanol–water partition coefficient (Wildman–Crippen LogP) is 3.92. The highest BCUT2D eigenvalue weighted by molar-refractivity contribution is 9.09. The quantitative estimate of drug-likeness (QED) is 0.559. The summed E-state index contributed by atoms with van der Waals surface area (Å²) in [5.41, 5.74) is 1.13. The van der Waals surface area contributed by atoms with Crippen LogP contribution in [0.2, 0.25) is 0 Å². The van der Waals surface area contributed by atoms with E-state index in [9.17, 15) is 0 Å². The van der Waals surface area contributed by atoms with E-state index in [0.29, 0.717) is 4.83 Å². The second-order valence-corrected chi connectivity index (χ2v) is 5.05. The van der Waals surface area contributed by atoms with Crippen LogP contribution in [0.4, 0.5) is 0 Å². The van der Waals surface area contributed by atoms with Gasteiger partial charge in [0, 0.05) is 12.7 Å². The van der Waals surface area contributed by atoms with Gasteiger partial charge in [-0.05, 0) is 19.4 Å². The fourth-order valence-electron chi connectivity index (χ4n) is 1.41. The minimum atomic E-state index is 0.361. The molecule has 0 saturated carbocycles. The molecule has 80 valence electrons. The summed E-state index contributed by atoms with van der Waals surface area (Å²) in [4.78, 5) is 0.361. The fourth-order valence-corrected chi connectivity index (χ4v) is 1.66. The van der Waals surface area contributed by atoms with Crippen LogP contribution in [0.25, 0.3) is 0 Å². The van der Waals surface area contributed by atoms with Gasteiger partial charge in [0.15, 0.2) is 0 Å². The maximum Gasteiger partial charge on any atom is 0.0758 e. The Labute approximate surface area is 94.8 Å². The fraction of sp³-hybridized carbons (Fsp3) is 0.727. The first-order valence-corrected chi connectivity index (χ1v) is 6.33. The van der Waals surface area contributed by atoms with Crippen LogP contribution in [0, 0.1) is 0 Å². The van der Waals surface area contributed by atoms with Gasteiger partial charge in [-0.15, -0.1) is 0 Å². The van der Waals surface area contributed by atoms with Gasteiger partial charge in [-0.25, -0.2) is 0 Å². The van der Waals surface area contributed by atoms with Crippen molar-refractivity contribution in [3.05, 3.63) is 18.0 Å². The van der Waals surface area contributed by atoms with E-state index < -0.39 is 0 Å². The van der Waals surface area contributed by atoms with Gasteiger partial charge in [0.2, 0.25) is 0 Å². The Balaban J connectivity index is 2.29. The first kappa shape index (κ1) is 11.8. The van der Waals surface area contributed by atoms with Crippen molar-refractivity contribution in [2.75, 3.05) is 0 Å². The molecular weight excluding hydrogens is 240 g/mol. The van der Waals surface area contributed by atoms with Gasteiger partial charge in [-0.2, -0.15) is 5.10 Å². The predicted molar refractivity (Wildman–Crippen MR) is 63.7 cm³/mol. The highest BCUT2D eigenvalue weighted by Crippen LogP contribution is 2.18. The molecule has 0 radical (unpaired) electrons. The SMILES string of the molecule is CCCCCCn1ccc(C(C)Br)n1. The minimum absolute atomic E-state index is 0.361. The lowest BCUT2D eigenvalue weighted by molar-refractivity contribution is 0.537. The van der Waals surface area contributed by atoms with Crippen LogP contribution in [0.1, 0.15) is 50.1 Å². The molecule has 0 amide bonds. The highest BCUT2D eigenvalue weighted by atomic mass is 79.9. The maximum absolute atomic E-state index is 4.48. The van der Waals surface area contributed by atoms with E-state index in [0.717, 1.165) is 12.2 Å². The van der Waals surface area contributed by atoms with E-state index in [1.165, 1.54) is 25.7 Å². The number of unbranched alkanes of at least 4 members (excludes halogenated alkanes) is 3. The number of aromatic nitrogens is 2. The van der Waals surface area contributed by atoms with Crippen LogP contribution >= 0.6 is 15.9 Å². The monoisotopic (exact) mass is 258 g/mol. The molecule has 1 aromatic heterocycles. The zero-order chi connectivity index (χ0) is 10.4. The Morgan fingerprint density at radius 2 is 2.21 bits per heavy atom. The maximum atomic E-state index is 4.48. The van der Waals surface area contributed by atoms with Gasteiger partial charge >= 0.3 is 0 Å². The van der Waals surface area contributed by atoms with Crippen LogP contribution in [0.15, 0.2) is 12.3 Å². The topological polar surface area (TPSA) is 17.8 Å². The smallest absolute Gasteiger partial charge is 0.0758 e. The van der Waals surface area contributed by atoms with Crippen molar-refractivity contribution in [1.82, 2.24) is 9.78 Å². The average molecular weight is 259 g/mol. The van der Waals surface area contributed by atoms with Crippen LogP contribution in [0.3, 0.4) is 0 Å². The molecule has 1 atom stereocenters. The third kappa shape index (κ3) is 3.82. The molecule has 0 N–H and O–H groups in total. The van der Waals surface area contributed by atoms with E-state index >= 15 is 0 Å². The molecule has 0 aliphatic rings. The van der Waals surface area contributed by atoms with Gasteiger partial charge in [-0.1, -0.05) is 42.1 Å². The molecule has 0 fully saturated rings. The Hall–Kier alpha value is -0.310. The normalized spacial score (nSPS) is 13.1. The number of alkyl halides is 1. The number of halogens is 1. The van der Waals surface area contributed by atoms with Gasteiger partial charge in [0.1, 0.15) is 0 Å². The Morgan fingerprint density at radius 1 is 1.43 bits per heavy atom. The second-order valence-electron chi connectivity index (χ2n) is 3.68. The largest absolute Gasteiger partial charge is 0.272 e. The molecule has 1 unspecified atom stereocenters. The van der Waals surface area contributed by atoms with Crippen LogP contribution in [-0.2, 0) is 6.54 Å². The lowest BCUT2D eigenvalue weighted by Crippen LogP contribution is -1.99. The molecule has 0 bridgehead atoms. The zero-order valence-corrected chi connectivity index (χ0v) is 10.6. The first-order valence-electron chi connectivity index (χ1n) is 5.41. The molecule has 0 aliphatic carbocycles. The van der Waals surface area contributed by atoms with Gasteiger partial charge in [0.25, 0.3) is 0 Å². The summed E-state index contributed by atoms with van der Waals surface area (Å²) in [6, 6.07) is 2.08. The van der Waals surface area contributed by atoms with Gasteiger partial charge in [0.05, 0.1) is 10.5 Å². The lowest BCUT2D eigenvalue weighted by Gasteiger charge is -2.01. The number of rotatable bonds is 6. The summed E-state index contributed by atoms with van der Waals surface area (Å²) < 4.78 is 2.04. The zero-order valence-electron chi connectivity index (χ0n) is 9.04. The van der Waals surface area contributed by atoms with Crippen molar-refractivity contribution >= 4 is 15.9 Å². The summed E-state index contributed by atoms with van der Waals surface area (Å²) in [5, 5.41) is 4.48. The molecule has 1 rings (SSSR count). The van der Waals surface area contributed by atoms with Crippen LogP contribution < -0.4 is 0 Å². The van der Waals surface area contributed by atoms with Crippen molar-refractivity contribution in [2.45, 2.75) is 50.9 Å². The molecular formula is C11H19BrN2. The van der Waals surface area contributed by atoms with Crippen molar-refractivity contribution in [2.24, 2.45) is 0 Å². The number of hydrogen-bond donors (Lipinski definition) is 0. The van der Waals surface area contributed by atoms with Crippen molar-refractivity contribution in [3.63, 3.8) is 0 Å². The molecule has 0 aromatic carbocycles. The number of hydrogen-bond acceptors (Lipinski definition) is 1. The van der Waals surface area contributed by atoms with Crippen LogP contribution in [0.5, 0.6) is 0 Å². The molecule has 0 aliphatic heterocycles. The van der Waals surface area contributed by atoms with E-state index in [1.54, 1.807) is 0 Å². The summed E-state index contributed by atoms with van der Waals surface area (Å²) in [6.07, 6.45) is 7.26. The number of nitrogens with zero attached hydrogens (tertiary/aromatic N) is 2. The Kier molecular flexibility index (Phi) is 5.23. The summed E-state index contributed by atoms with van der Waals surface area (Å²) in [6.45, 7) is 5.39. The van der Waals surface area contributed by atoms with E-state index in [1.807, 2.05) is 4.68 Å². The molecule has 1 heterocycles. The van der Waals surface area contributed by atoms with Crippen molar-refractivity contribution in [1.29, 1.82) is 0 Å². The molecule has 2 nitrogen and oxygen atoms in total. The van der Waals surface area contributed by atoms with Gasteiger partial charge < -0.3 is 0 Å². The van der Waals surface area contributed by atoms with E-state index in [2.05, 4.69) is 47.1 Å². The summed E-state index contributed by atoms with van der Waals surface area (Å²) >= 11 is 3.51. The summed E-state index contributed by atoms with van der Waals surface area (Å²) in [5.74, 6) is 0. The third-order valence-corrected chi connectivity index (χ3v) is 2.78. The molecule has 3 heteroatoms. The molecule has 1 aromatic rings. The van der Waals surface area contributed by atoms with E-state index in [4.69, 9.17) is 0 Å². The van der Waals surface area contributed by atoms with E-state index in [-0.39, 0.29) is 0 Å².